The lowest BCUT2D eigenvalue weighted by Gasteiger charge is -2.18. The van der Waals surface area contributed by atoms with Crippen molar-refractivity contribution in [2.75, 3.05) is 0 Å². The average molecular weight is 225 g/mol. The van der Waals surface area contributed by atoms with Crippen LogP contribution in [0.4, 0.5) is 0 Å². The van der Waals surface area contributed by atoms with Gasteiger partial charge in [-0.25, -0.2) is 0 Å². The molecule has 0 aromatic rings. The molecule has 90 valence electrons. The third kappa shape index (κ3) is 2.49. The largest absolute Gasteiger partial charge is 0.299 e. The Hall–Kier alpha value is -1.19. The van der Waals surface area contributed by atoms with Crippen LogP contribution in [-0.4, -0.2) is 28.5 Å². The molecule has 1 aliphatic heterocycles. The smallest absolute Gasteiger partial charge is 0.240 e. The Morgan fingerprint density at radius 1 is 1.31 bits per heavy atom. The highest BCUT2D eigenvalue weighted by Gasteiger charge is 2.43. The Morgan fingerprint density at radius 2 is 1.88 bits per heavy atom. The number of Topliss-reactive ketones (excluding diaryl/α,β-unsaturated/α-hetero) is 1. The van der Waals surface area contributed by atoms with E-state index in [1.807, 2.05) is 13.8 Å². The van der Waals surface area contributed by atoms with Crippen LogP contribution in [0, 0.1) is 11.8 Å². The van der Waals surface area contributed by atoms with Crippen molar-refractivity contribution in [3.05, 3.63) is 0 Å². The second kappa shape index (κ2) is 4.76. The molecule has 1 unspecified atom stereocenters. The van der Waals surface area contributed by atoms with Crippen LogP contribution in [0.15, 0.2) is 0 Å². The van der Waals surface area contributed by atoms with Crippen LogP contribution >= 0.6 is 0 Å². The molecule has 0 aromatic heterocycles. The number of nitrogens with zero attached hydrogens (tertiary/aromatic N) is 1. The van der Waals surface area contributed by atoms with Crippen molar-refractivity contribution >= 4 is 17.6 Å². The molecule has 0 saturated carbocycles. The highest BCUT2D eigenvalue weighted by Crippen LogP contribution is 2.24. The van der Waals surface area contributed by atoms with Crippen molar-refractivity contribution in [1.29, 1.82) is 0 Å². The summed E-state index contributed by atoms with van der Waals surface area (Å²) in [4.78, 5) is 36.4. The monoisotopic (exact) mass is 225 g/mol. The molecule has 1 atom stereocenters. The predicted molar refractivity (Wildman–Crippen MR) is 59.6 cm³/mol. The van der Waals surface area contributed by atoms with E-state index in [2.05, 4.69) is 0 Å². The van der Waals surface area contributed by atoms with Gasteiger partial charge < -0.3 is 0 Å². The summed E-state index contributed by atoms with van der Waals surface area (Å²) < 4.78 is 0. The van der Waals surface area contributed by atoms with E-state index in [0.717, 1.165) is 0 Å². The van der Waals surface area contributed by atoms with E-state index < -0.39 is 5.92 Å². The fourth-order valence-corrected chi connectivity index (χ4v) is 1.99. The van der Waals surface area contributed by atoms with Gasteiger partial charge in [-0.3, -0.25) is 19.3 Å². The Balaban J connectivity index is 2.76. The predicted octanol–water partition coefficient (Wildman–Crippen LogP) is 1.39. The molecule has 1 saturated heterocycles. The maximum Gasteiger partial charge on any atom is 0.240 e. The Bertz CT molecular complexity index is 320. The minimum Gasteiger partial charge on any atom is -0.299 e. The van der Waals surface area contributed by atoms with Crippen LogP contribution in [0.2, 0.25) is 0 Å². The van der Waals surface area contributed by atoms with E-state index in [4.69, 9.17) is 0 Å². The van der Waals surface area contributed by atoms with Crippen LogP contribution in [-0.2, 0) is 14.4 Å². The van der Waals surface area contributed by atoms with Crippen LogP contribution in [0.3, 0.4) is 0 Å². The lowest BCUT2D eigenvalue weighted by molar-refractivity contribution is -0.142. The number of hydrogen-bond donors (Lipinski definition) is 0. The lowest BCUT2D eigenvalue weighted by Crippen LogP contribution is -2.37. The molecule has 1 fully saturated rings. The molecule has 0 aliphatic carbocycles. The Labute approximate surface area is 96.0 Å². The standard InChI is InChI=1S/C12H19NO3/c1-7(2)5-10(14)9-6-11(15)13(8(3)4)12(9)16/h7-9H,5-6H2,1-4H3. The maximum absolute atomic E-state index is 11.9. The molecular weight excluding hydrogens is 206 g/mol. The minimum atomic E-state index is -0.725. The zero-order valence-corrected chi connectivity index (χ0v) is 10.3. The number of imide groups is 1. The molecule has 1 rings (SSSR count). The molecule has 0 bridgehead atoms. The van der Waals surface area contributed by atoms with Gasteiger partial charge >= 0.3 is 0 Å². The fourth-order valence-electron chi connectivity index (χ4n) is 1.99. The summed E-state index contributed by atoms with van der Waals surface area (Å²) in [6.45, 7) is 7.43. The van der Waals surface area contributed by atoms with E-state index in [1.54, 1.807) is 13.8 Å². The molecule has 4 nitrogen and oxygen atoms in total. The van der Waals surface area contributed by atoms with Gasteiger partial charge in [-0.15, -0.1) is 0 Å². The zero-order chi connectivity index (χ0) is 12.5. The molecular formula is C12H19NO3. The number of carbonyl (C=O) groups is 3. The zero-order valence-electron chi connectivity index (χ0n) is 10.3. The van der Waals surface area contributed by atoms with Crippen LogP contribution in [0.25, 0.3) is 0 Å². The van der Waals surface area contributed by atoms with Gasteiger partial charge in [0.25, 0.3) is 0 Å². The number of amides is 2. The second-order valence-corrected chi connectivity index (χ2v) is 5.02. The first-order chi connectivity index (χ1) is 7.34. The summed E-state index contributed by atoms with van der Waals surface area (Å²) in [5.41, 5.74) is 0. The van der Waals surface area contributed by atoms with Crippen molar-refractivity contribution in [1.82, 2.24) is 4.90 Å². The molecule has 16 heavy (non-hydrogen) atoms. The first-order valence-corrected chi connectivity index (χ1v) is 5.73. The fraction of sp³-hybridized carbons (Fsp3) is 0.750. The van der Waals surface area contributed by atoms with Crippen LogP contribution in [0.5, 0.6) is 0 Å². The summed E-state index contributed by atoms with van der Waals surface area (Å²) in [6, 6.07) is -0.156. The van der Waals surface area contributed by atoms with Crippen molar-refractivity contribution < 1.29 is 14.4 Å². The van der Waals surface area contributed by atoms with Gasteiger partial charge in [0.1, 0.15) is 11.7 Å². The molecule has 0 aromatic carbocycles. The van der Waals surface area contributed by atoms with Crippen LogP contribution < -0.4 is 0 Å². The van der Waals surface area contributed by atoms with Crippen LogP contribution in [0.1, 0.15) is 40.5 Å². The number of hydrogen-bond acceptors (Lipinski definition) is 3. The Kier molecular flexibility index (Phi) is 3.83. The normalized spacial score (nSPS) is 21.4. The van der Waals surface area contributed by atoms with Gasteiger partial charge in [0.15, 0.2) is 0 Å². The van der Waals surface area contributed by atoms with Gasteiger partial charge in [-0.1, -0.05) is 13.8 Å². The molecule has 4 heteroatoms. The average Bonchev–Trinajstić information content (AvgIpc) is 2.40. The van der Waals surface area contributed by atoms with Gasteiger partial charge in [0.05, 0.1) is 0 Å². The van der Waals surface area contributed by atoms with Crippen molar-refractivity contribution in [3.8, 4) is 0 Å². The highest BCUT2D eigenvalue weighted by atomic mass is 16.2. The summed E-state index contributed by atoms with van der Waals surface area (Å²) >= 11 is 0. The quantitative estimate of drug-likeness (QED) is 0.536. The highest BCUT2D eigenvalue weighted by molar-refractivity contribution is 6.14. The van der Waals surface area contributed by atoms with Crippen molar-refractivity contribution in [2.24, 2.45) is 11.8 Å². The molecule has 1 heterocycles. The van der Waals surface area contributed by atoms with Gasteiger partial charge in [0, 0.05) is 18.9 Å². The summed E-state index contributed by atoms with van der Waals surface area (Å²) in [5.74, 6) is -1.13. The molecule has 0 N–H and O–H groups in total. The number of ketones is 1. The van der Waals surface area contributed by atoms with E-state index in [-0.39, 0.29) is 36.0 Å². The summed E-state index contributed by atoms with van der Waals surface area (Å²) in [5, 5.41) is 0. The molecule has 0 radical (unpaired) electrons. The van der Waals surface area contributed by atoms with Gasteiger partial charge in [0.2, 0.25) is 11.8 Å². The SMILES string of the molecule is CC(C)CC(=O)C1CC(=O)N(C(C)C)C1=O. The summed E-state index contributed by atoms with van der Waals surface area (Å²) in [7, 11) is 0. The Morgan fingerprint density at radius 3 is 2.25 bits per heavy atom. The minimum absolute atomic E-state index is 0.0581. The number of carbonyl (C=O) groups excluding carboxylic acids is 3. The maximum atomic E-state index is 11.9. The molecule has 1 aliphatic rings. The molecule has 2 amide bonds. The topological polar surface area (TPSA) is 54.5 Å². The van der Waals surface area contributed by atoms with Crippen molar-refractivity contribution in [2.45, 2.75) is 46.6 Å². The first kappa shape index (κ1) is 12.9. The van der Waals surface area contributed by atoms with E-state index in [1.165, 1.54) is 4.90 Å². The van der Waals surface area contributed by atoms with E-state index >= 15 is 0 Å². The van der Waals surface area contributed by atoms with Gasteiger partial charge in [-0.05, 0) is 19.8 Å². The third-order valence-corrected chi connectivity index (χ3v) is 2.70. The lowest BCUT2D eigenvalue weighted by atomic mass is 9.95. The molecule has 0 spiro atoms. The van der Waals surface area contributed by atoms with E-state index in [9.17, 15) is 14.4 Å². The number of likely N-dealkylation sites (tertiary alicyclic amines) is 1. The van der Waals surface area contributed by atoms with Crippen molar-refractivity contribution in [3.63, 3.8) is 0 Å². The third-order valence-electron chi connectivity index (χ3n) is 2.70. The van der Waals surface area contributed by atoms with E-state index in [0.29, 0.717) is 6.42 Å². The summed E-state index contributed by atoms with van der Waals surface area (Å²) in [6.07, 6.45) is 0.429. The van der Waals surface area contributed by atoms with Gasteiger partial charge in [-0.2, -0.15) is 0 Å². The number of rotatable bonds is 4. The second-order valence-electron chi connectivity index (χ2n) is 5.02. The first-order valence-electron chi connectivity index (χ1n) is 5.73.